The van der Waals surface area contributed by atoms with E-state index in [9.17, 15) is 4.39 Å². The van der Waals surface area contributed by atoms with Crippen molar-refractivity contribution in [2.24, 2.45) is 5.10 Å². The van der Waals surface area contributed by atoms with E-state index < -0.39 is 0 Å². The van der Waals surface area contributed by atoms with Gasteiger partial charge in [0.15, 0.2) is 5.11 Å². The van der Waals surface area contributed by atoms with Crippen molar-refractivity contribution in [2.45, 2.75) is 6.61 Å². The summed E-state index contributed by atoms with van der Waals surface area (Å²) in [7, 11) is 0. The summed E-state index contributed by atoms with van der Waals surface area (Å²) in [5.41, 5.74) is 4.97. The molecule has 31 heavy (non-hydrogen) atoms. The van der Waals surface area contributed by atoms with Gasteiger partial charge in [-0.05, 0) is 47.3 Å². The van der Waals surface area contributed by atoms with Crippen LogP contribution >= 0.6 is 12.2 Å². The first-order valence-corrected chi connectivity index (χ1v) is 10.1. The van der Waals surface area contributed by atoms with Crippen LogP contribution in [0.15, 0.2) is 96.1 Å². The van der Waals surface area contributed by atoms with Gasteiger partial charge >= 0.3 is 0 Å². The van der Waals surface area contributed by atoms with Gasteiger partial charge in [-0.1, -0.05) is 66.7 Å². The number of nitrogens with one attached hydrogen (secondary N) is 2. The van der Waals surface area contributed by atoms with Crippen molar-refractivity contribution < 1.29 is 9.13 Å². The van der Waals surface area contributed by atoms with Gasteiger partial charge in [0.1, 0.15) is 18.2 Å². The summed E-state index contributed by atoms with van der Waals surface area (Å²) in [4.78, 5) is 0. The Hall–Kier alpha value is -3.77. The summed E-state index contributed by atoms with van der Waals surface area (Å²) in [6.45, 7) is 0.118. The molecule has 4 aromatic rings. The molecule has 0 bridgehead atoms. The van der Waals surface area contributed by atoms with Crippen LogP contribution in [-0.2, 0) is 6.61 Å². The van der Waals surface area contributed by atoms with Crippen molar-refractivity contribution in [1.29, 1.82) is 0 Å². The van der Waals surface area contributed by atoms with Crippen LogP contribution in [0.1, 0.15) is 11.1 Å². The zero-order valence-corrected chi connectivity index (χ0v) is 17.4. The van der Waals surface area contributed by atoms with E-state index in [1.807, 2.05) is 66.7 Å². The zero-order valence-electron chi connectivity index (χ0n) is 16.6. The predicted molar refractivity (Wildman–Crippen MR) is 128 cm³/mol. The van der Waals surface area contributed by atoms with E-state index in [4.69, 9.17) is 17.0 Å². The van der Waals surface area contributed by atoms with Gasteiger partial charge in [-0.2, -0.15) is 5.10 Å². The van der Waals surface area contributed by atoms with E-state index in [0.717, 1.165) is 22.0 Å². The molecule has 0 saturated heterocycles. The highest BCUT2D eigenvalue weighted by Gasteiger charge is 2.09. The molecule has 0 aliphatic heterocycles. The Balaban J connectivity index is 1.54. The van der Waals surface area contributed by atoms with Gasteiger partial charge < -0.3 is 10.1 Å². The number of rotatable bonds is 6. The second-order valence-electron chi connectivity index (χ2n) is 6.77. The molecule has 0 unspecified atom stereocenters. The number of thiocarbonyl (C=S) groups is 1. The Morgan fingerprint density at radius 2 is 1.65 bits per heavy atom. The maximum absolute atomic E-state index is 14.0. The normalized spacial score (nSPS) is 10.9. The summed E-state index contributed by atoms with van der Waals surface area (Å²) in [5.74, 6) is 0.312. The molecule has 0 aliphatic rings. The van der Waals surface area contributed by atoms with Crippen LogP contribution in [0.4, 0.5) is 10.1 Å². The number of fused-ring (bicyclic) bond motifs is 1. The Morgan fingerprint density at radius 3 is 2.48 bits per heavy atom. The van der Waals surface area contributed by atoms with E-state index in [1.165, 1.54) is 6.07 Å². The molecule has 0 fully saturated rings. The van der Waals surface area contributed by atoms with Gasteiger partial charge in [-0.25, -0.2) is 4.39 Å². The van der Waals surface area contributed by atoms with Crippen LogP contribution in [0.5, 0.6) is 5.75 Å². The lowest BCUT2D eigenvalue weighted by Gasteiger charge is -2.12. The van der Waals surface area contributed by atoms with Crippen LogP contribution < -0.4 is 15.5 Å². The highest BCUT2D eigenvalue weighted by atomic mass is 32.1. The van der Waals surface area contributed by atoms with Crippen molar-refractivity contribution in [1.82, 2.24) is 5.43 Å². The van der Waals surface area contributed by atoms with Crippen molar-refractivity contribution in [3.05, 3.63) is 108 Å². The summed E-state index contributed by atoms with van der Waals surface area (Å²) >= 11 is 5.30. The molecule has 4 rings (SSSR count). The molecule has 4 aromatic carbocycles. The molecule has 0 saturated carbocycles. The monoisotopic (exact) mass is 429 g/mol. The second-order valence-corrected chi connectivity index (χ2v) is 7.18. The van der Waals surface area contributed by atoms with Gasteiger partial charge in [-0.15, -0.1) is 0 Å². The molecule has 4 nitrogen and oxygen atoms in total. The summed E-state index contributed by atoms with van der Waals surface area (Å²) < 4.78 is 19.9. The predicted octanol–water partition coefficient (Wildman–Crippen LogP) is 5.88. The molecule has 6 heteroatoms. The minimum absolute atomic E-state index is 0.118. The third-order valence-corrected chi connectivity index (χ3v) is 4.86. The average Bonchev–Trinajstić information content (AvgIpc) is 2.80. The molecule has 154 valence electrons. The van der Waals surface area contributed by atoms with E-state index >= 15 is 0 Å². The summed E-state index contributed by atoms with van der Waals surface area (Å²) in [6, 6.07) is 27.9. The van der Waals surface area contributed by atoms with Gasteiger partial charge in [0.05, 0.1) is 6.21 Å². The molecule has 2 N–H and O–H groups in total. The molecule has 0 aromatic heterocycles. The lowest BCUT2D eigenvalue weighted by atomic mass is 10.0. The van der Waals surface area contributed by atoms with Crippen LogP contribution in [0, 0.1) is 5.82 Å². The Kier molecular flexibility index (Phi) is 6.50. The number of para-hydroxylation sites is 1. The maximum Gasteiger partial charge on any atom is 0.191 e. The van der Waals surface area contributed by atoms with Gasteiger partial charge in [0.2, 0.25) is 0 Å². The van der Waals surface area contributed by atoms with E-state index in [2.05, 4.69) is 15.8 Å². The highest BCUT2D eigenvalue weighted by molar-refractivity contribution is 7.80. The first-order chi connectivity index (χ1) is 15.2. The number of ether oxygens (including phenoxy) is 1. The minimum atomic E-state index is -0.294. The SMILES string of the molecule is Fc1ccccc1COc1ccc2ccccc2c1C=NNC(=S)Nc1ccccc1. The molecule has 0 amide bonds. The Morgan fingerprint density at radius 1 is 0.903 bits per heavy atom. The summed E-state index contributed by atoms with van der Waals surface area (Å²) in [5, 5.41) is 9.75. The topological polar surface area (TPSA) is 45.6 Å². The van der Waals surface area contributed by atoms with Crippen LogP contribution in [0.3, 0.4) is 0 Å². The first kappa shape index (κ1) is 20.5. The number of nitrogens with zero attached hydrogens (tertiary/aromatic N) is 1. The lowest BCUT2D eigenvalue weighted by Crippen LogP contribution is -2.23. The standard InChI is InChI=1S/C25H20FN3OS/c26-23-13-7-5-9-19(23)17-30-24-15-14-18-8-4-6-12-21(18)22(24)16-27-29-25(31)28-20-10-2-1-3-11-20/h1-16H,17H2,(H2,28,29,31). The van der Waals surface area contributed by atoms with Crippen LogP contribution in [0.25, 0.3) is 10.8 Å². The zero-order chi connectivity index (χ0) is 21.5. The average molecular weight is 430 g/mol. The third kappa shape index (κ3) is 5.24. The number of hydrogen-bond donors (Lipinski definition) is 2. The van der Waals surface area contributed by atoms with Crippen molar-refractivity contribution in [3.8, 4) is 5.75 Å². The van der Waals surface area contributed by atoms with Crippen molar-refractivity contribution >= 4 is 40.0 Å². The molecule has 0 radical (unpaired) electrons. The van der Waals surface area contributed by atoms with Crippen LogP contribution in [0.2, 0.25) is 0 Å². The Labute approximate surface area is 185 Å². The largest absolute Gasteiger partial charge is 0.488 e. The number of hydrogen-bond acceptors (Lipinski definition) is 3. The number of benzene rings is 4. The van der Waals surface area contributed by atoms with E-state index in [1.54, 1.807) is 24.4 Å². The third-order valence-electron chi connectivity index (χ3n) is 4.66. The first-order valence-electron chi connectivity index (χ1n) is 9.74. The molecular weight excluding hydrogens is 409 g/mol. The molecule has 0 heterocycles. The fourth-order valence-electron chi connectivity index (χ4n) is 3.14. The fraction of sp³-hybridized carbons (Fsp3) is 0.0400. The van der Waals surface area contributed by atoms with Gasteiger partial charge in [0, 0.05) is 16.8 Å². The molecule has 0 atom stereocenters. The van der Waals surface area contributed by atoms with Crippen LogP contribution in [-0.4, -0.2) is 11.3 Å². The summed E-state index contributed by atoms with van der Waals surface area (Å²) in [6.07, 6.45) is 1.66. The van der Waals surface area contributed by atoms with Gasteiger partial charge in [0.25, 0.3) is 0 Å². The second kappa shape index (κ2) is 9.82. The van der Waals surface area contributed by atoms with E-state index in [0.29, 0.717) is 16.4 Å². The number of anilines is 1. The minimum Gasteiger partial charge on any atom is -0.488 e. The van der Waals surface area contributed by atoms with Crippen molar-refractivity contribution in [2.75, 3.05) is 5.32 Å². The maximum atomic E-state index is 14.0. The fourth-order valence-corrected chi connectivity index (χ4v) is 3.31. The quantitative estimate of drug-likeness (QED) is 0.228. The number of hydrazone groups is 1. The highest BCUT2D eigenvalue weighted by Crippen LogP contribution is 2.27. The molecular formula is C25H20FN3OS. The van der Waals surface area contributed by atoms with Gasteiger partial charge in [-0.3, -0.25) is 5.43 Å². The Bertz CT molecular complexity index is 1230. The molecule has 0 spiro atoms. The number of halogens is 1. The molecule has 0 aliphatic carbocycles. The van der Waals surface area contributed by atoms with Crippen molar-refractivity contribution in [3.63, 3.8) is 0 Å². The smallest absolute Gasteiger partial charge is 0.191 e. The van der Waals surface area contributed by atoms with E-state index in [-0.39, 0.29) is 12.4 Å². The lowest BCUT2D eigenvalue weighted by molar-refractivity contribution is 0.300.